The van der Waals surface area contributed by atoms with E-state index < -0.39 is 0 Å². The number of benzene rings is 8. The standard InChI is InChI=1S/C54H42N2/c1-53(2)46-23-15-14-22-41(46)44-33-45-50(34-48(44)53)56(39-20-12-7-13-21-39)49-31-29-42-43-32-36(26-30-47(43)54(3,4)52(42)51(45)49)35-24-27-40(28-25-35)55(37-16-8-5-9-17-37)38-18-10-6-11-19-38/h5-34H,1-4H3. The molecule has 1 aromatic heterocycles. The maximum Gasteiger partial charge on any atom is 0.0544 e. The molecule has 0 unspecified atom stereocenters. The van der Waals surface area contributed by atoms with Crippen LogP contribution in [0.15, 0.2) is 182 Å². The Hall–Kier alpha value is -6.64. The van der Waals surface area contributed by atoms with Gasteiger partial charge in [0.05, 0.1) is 11.0 Å². The molecule has 2 aliphatic rings. The van der Waals surface area contributed by atoms with Gasteiger partial charge in [0.1, 0.15) is 0 Å². The van der Waals surface area contributed by atoms with Gasteiger partial charge in [0.15, 0.2) is 0 Å². The molecule has 0 fully saturated rings. The minimum absolute atomic E-state index is 0.0779. The highest BCUT2D eigenvalue weighted by molar-refractivity contribution is 6.16. The van der Waals surface area contributed by atoms with Crippen molar-refractivity contribution in [3.8, 4) is 39.1 Å². The lowest BCUT2D eigenvalue weighted by Crippen LogP contribution is -2.15. The highest BCUT2D eigenvalue weighted by atomic mass is 15.1. The predicted octanol–water partition coefficient (Wildman–Crippen LogP) is 14.5. The summed E-state index contributed by atoms with van der Waals surface area (Å²) in [6.45, 7) is 9.60. The zero-order chi connectivity index (χ0) is 37.8. The van der Waals surface area contributed by atoms with E-state index in [0.29, 0.717) is 0 Å². The van der Waals surface area contributed by atoms with Crippen LogP contribution in [0.3, 0.4) is 0 Å². The van der Waals surface area contributed by atoms with Crippen molar-refractivity contribution in [2.45, 2.75) is 38.5 Å². The molecule has 56 heavy (non-hydrogen) atoms. The number of hydrogen-bond acceptors (Lipinski definition) is 1. The molecule has 268 valence electrons. The lowest BCUT2D eigenvalue weighted by Gasteiger charge is -2.25. The van der Waals surface area contributed by atoms with E-state index >= 15 is 0 Å². The third-order valence-corrected chi connectivity index (χ3v) is 12.7. The van der Waals surface area contributed by atoms with Crippen LogP contribution < -0.4 is 4.90 Å². The Balaban J connectivity index is 1.08. The largest absolute Gasteiger partial charge is 0.311 e. The van der Waals surface area contributed by atoms with E-state index in [0.717, 1.165) is 17.1 Å². The third kappa shape index (κ3) is 4.62. The van der Waals surface area contributed by atoms with Gasteiger partial charge >= 0.3 is 0 Å². The van der Waals surface area contributed by atoms with Crippen molar-refractivity contribution in [1.82, 2.24) is 4.57 Å². The summed E-state index contributed by atoms with van der Waals surface area (Å²) in [6, 6.07) is 67.1. The Morgan fingerprint density at radius 1 is 0.393 bits per heavy atom. The molecule has 0 saturated heterocycles. The first-order chi connectivity index (χ1) is 27.3. The van der Waals surface area contributed by atoms with Gasteiger partial charge in [-0.05, 0) is 128 Å². The second-order valence-electron chi connectivity index (χ2n) is 16.6. The fourth-order valence-corrected chi connectivity index (χ4v) is 10.1. The average molecular weight is 719 g/mol. The molecule has 0 N–H and O–H groups in total. The topological polar surface area (TPSA) is 8.17 Å². The maximum absolute atomic E-state index is 2.51. The van der Waals surface area contributed by atoms with E-state index in [9.17, 15) is 0 Å². The average Bonchev–Trinajstić information content (AvgIpc) is 3.77. The molecule has 0 bridgehead atoms. The summed E-state index contributed by atoms with van der Waals surface area (Å²) >= 11 is 0. The lowest BCUT2D eigenvalue weighted by atomic mass is 9.80. The Labute approximate surface area is 328 Å². The van der Waals surface area contributed by atoms with Gasteiger partial charge < -0.3 is 9.47 Å². The molecule has 0 amide bonds. The fourth-order valence-electron chi connectivity index (χ4n) is 10.1. The molecular formula is C54H42N2. The van der Waals surface area contributed by atoms with Gasteiger partial charge in [-0.15, -0.1) is 0 Å². The summed E-state index contributed by atoms with van der Waals surface area (Å²) in [7, 11) is 0. The van der Waals surface area contributed by atoms with Crippen LogP contribution >= 0.6 is 0 Å². The molecule has 1 heterocycles. The van der Waals surface area contributed by atoms with E-state index in [2.05, 4.69) is 219 Å². The van der Waals surface area contributed by atoms with Gasteiger partial charge in [0, 0.05) is 44.4 Å². The molecule has 2 heteroatoms. The first-order valence-corrected chi connectivity index (χ1v) is 19.8. The number of hydrogen-bond donors (Lipinski definition) is 0. The Morgan fingerprint density at radius 2 is 0.964 bits per heavy atom. The highest BCUT2D eigenvalue weighted by Crippen LogP contribution is 2.56. The van der Waals surface area contributed by atoms with Crippen LogP contribution in [0, 0.1) is 0 Å². The van der Waals surface area contributed by atoms with Crippen LogP contribution in [-0.4, -0.2) is 4.57 Å². The normalized spacial score (nSPS) is 14.4. The van der Waals surface area contributed by atoms with Gasteiger partial charge in [0.2, 0.25) is 0 Å². The first-order valence-electron chi connectivity index (χ1n) is 19.8. The third-order valence-electron chi connectivity index (χ3n) is 12.7. The molecule has 9 aromatic rings. The minimum Gasteiger partial charge on any atom is -0.311 e. The zero-order valence-electron chi connectivity index (χ0n) is 32.2. The summed E-state index contributed by atoms with van der Waals surface area (Å²) in [6.07, 6.45) is 0. The summed E-state index contributed by atoms with van der Waals surface area (Å²) in [5.41, 5.74) is 20.3. The van der Waals surface area contributed by atoms with Crippen molar-refractivity contribution < 1.29 is 0 Å². The second-order valence-corrected chi connectivity index (χ2v) is 16.6. The number of anilines is 3. The van der Waals surface area contributed by atoms with E-state index in [1.54, 1.807) is 0 Å². The fraction of sp³-hybridized carbons (Fsp3) is 0.111. The van der Waals surface area contributed by atoms with E-state index in [4.69, 9.17) is 0 Å². The van der Waals surface area contributed by atoms with Crippen molar-refractivity contribution in [2.24, 2.45) is 0 Å². The van der Waals surface area contributed by atoms with Gasteiger partial charge in [-0.2, -0.15) is 0 Å². The van der Waals surface area contributed by atoms with Gasteiger partial charge in [-0.3, -0.25) is 0 Å². The Bertz CT molecular complexity index is 2950. The van der Waals surface area contributed by atoms with Gasteiger partial charge in [-0.25, -0.2) is 0 Å². The van der Waals surface area contributed by atoms with Crippen LogP contribution in [0.1, 0.15) is 49.9 Å². The molecule has 0 radical (unpaired) electrons. The number of fused-ring (bicyclic) bond motifs is 10. The summed E-state index contributed by atoms with van der Waals surface area (Å²) in [4.78, 5) is 2.32. The van der Waals surface area contributed by atoms with Crippen LogP contribution in [0.5, 0.6) is 0 Å². The molecule has 0 atom stereocenters. The van der Waals surface area contributed by atoms with Crippen LogP contribution in [0.2, 0.25) is 0 Å². The monoisotopic (exact) mass is 718 g/mol. The SMILES string of the molecule is CC1(C)c2ccccc2-c2cc3c4c5c(ccc4n(-c4ccccc4)c3cc21)-c1cc(-c2ccc(N(c3ccccc3)c3ccccc3)cc2)ccc1C5(C)C. The summed E-state index contributed by atoms with van der Waals surface area (Å²) < 4.78 is 2.50. The van der Waals surface area contributed by atoms with E-state index in [1.165, 1.54) is 83.1 Å². The highest BCUT2D eigenvalue weighted by Gasteiger charge is 2.40. The predicted molar refractivity (Wildman–Crippen MR) is 236 cm³/mol. The first kappa shape index (κ1) is 32.8. The smallest absolute Gasteiger partial charge is 0.0544 e. The van der Waals surface area contributed by atoms with E-state index in [1.807, 2.05) is 0 Å². The van der Waals surface area contributed by atoms with Crippen molar-refractivity contribution in [3.05, 3.63) is 204 Å². The second kappa shape index (κ2) is 11.9. The summed E-state index contributed by atoms with van der Waals surface area (Å²) in [5.74, 6) is 0. The van der Waals surface area contributed by atoms with Crippen LogP contribution in [-0.2, 0) is 10.8 Å². The molecule has 0 saturated carbocycles. The molecule has 0 aliphatic heterocycles. The van der Waals surface area contributed by atoms with Crippen molar-refractivity contribution in [3.63, 3.8) is 0 Å². The van der Waals surface area contributed by atoms with E-state index in [-0.39, 0.29) is 10.8 Å². The van der Waals surface area contributed by atoms with Crippen molar-refractivity contribution in [1.29, 1.82) is 0 Å². The number of aromatic nitrogens is 1. The molecule has 8 aromatic carbocycles. The number of rotatable bonds is 5. The number of para-hydroxylation sites is 3. The molecule has 2 aliphatic carbocycles. The van der Waals surface area contributed by atoms with Crippen LogP contribution in [0.25, 0.3) is 60.9 Å². The minimum atomic E-state index is -0.190. The van der Waals surface area contributed by atoms with Gasteiger partial charge in [0.25, 0.3) is 0 Å². The lowest BCUT2D eigenvalue weighted by molar-refractivity contribution is 0.661. The Morgan fingerprint density at radius 3 is 1.66 bits per heavy atom. The summed E-state index contributed by atoms with van der Waals surface area (Å²) in [5, 5.41) is 2.69. The molecule has 11 rings (SSSR count). The quantitative estimate of drug-likeness (QED) is 0.172. The molecular weight excluding hydrogens is 677 g/mol. The molecule has 2 nitrogen and oxygen atoms in total. The van der Waals surface area contributed by atoms with Crippen molar-refractivity contribution >= 4 is 38.9 Å². The maximum atomic E-state index is 2.51. The Kier molecular flexibility index (Phi) is 6.98. The zero-order valence-corrected chi connectivity index (χ0v) is 32.2. The van der Waals surface area contributed by atoms with Crippen molar-refractivity contribution in [2.75, 3.05) is 4.90 Å². The number of nitrogens with zero attached hydrogens (tertiary/aromatic N) is 2. The molecule has 0 spiro atoms. The van der Waals surface area contributed by atoms with Crippen LogP contribution in [0.4, 0.5) is 17.1 Å². The van der Waals surface area contributed by atoms with Gasteiger partial charge in [-0.1, -0.05) is 137 Å².